The molecular weight excluding hydrogens is 152 g/mol. The molecule has 2 aliphatic carbocycles. The van der Waals surface area contributed by atoms with E-state index in [0.717, 1.165) is 6.42 Å². The highest BCUT2D eigenvalue weighted by Crippen LogP contribution is 2.43. The highest BCUT2D eigenvalue weighted by Gasteiger charge is 2.45. The molecule has 1 amide bonds. The number of allylic oxidation sites excluding steroid dienone is 1. The Bertz CT molecular complexity index is 259. The van der Waals surface area contributed by atoms with Crippen LogP contribution in [0.1, 0.15) is 6.42 Å². The molecule has 4 unspecified atom stereocenters. The molecule has 1 saturated carbocycles. The van der Waals surface area contributed by atoms with E-state index < -0.39 is 0 Å². The number of hydrogen-bond acceptors (Lipinski definition) is 2. The maximum atomic E-state index is 11.3. The third kappa shape index (κ3) is 0.862. The highest BCUT2D eigenvalue weighted by molar-refractivity contribution is 5.84. The lowest BCUT2D eigenvalue weighted by atomic mass is 9.89. The molecule has 2 rings (SSSR count). The molecule has 0 saturated heterocycles. The molecule has 1 fully saturated rings. The van der Waals surface area contributed by atoms with E-state index in [0.29, 0.717) is 11.8 Å². The molecule has 2 N–H and O–H groups in total. The fourth-order valence-electron chi connectivity index (χ4n) is 2.31. The standard InChI is InChI=1S/C9H12N2O/c1-11-9(12)7-5-2-3-6(4-5)8(7)10/h2-3,5-8H,1,4,10H2. The van der Waals surface area contributed by atoms with Gasteiger partial charge in [-0.1, -0.05) is 12.2 Å². The van der Waals surface area contributed by atoms with Crippen LogP contribution in [0.2, 0.25) is 0 Å². The lowest BCUT2D eigenvalue weighted by molar-refractivity contribution is -0.122. The van der Waals surface area contributed by atoms with Gasteiger partial charge in [0.15, 0.2) is 0 Å². The van der Waals surface area contributed by atoms with E-state index in [1.807, 2.05) is 0 Å². The monoisotopic (exact) mass is 164 g/mol. The molecule has 0 heterocycles. The van der Waals surface area contributed by atoms with Gasteiger partial charge in [0.05, 0.1) is 5.92 Å². The first-order valence-electron chi connectivity index (χ1n) is 4.18. The van der Waals surface area contributed by atoms with Gasteiger partial charge in [0.1, 0.15) is 0 Å². The SMILES string of the molecule is C=NC(=O)C1C2C=CC(C2)C1N. The summed E-state index contributed by atoms with van der Waals surface area (Å²) in [7, 11) is 0. The van der Waals surface area contributed by atoms with Gasteiger partial charge in [-0.05, 0) is 25.0 Å². The van der Waals surface area contributed by atoms with Gasteiger partial charge in [0.25, 0.3) is 0 Å². The van der Waals surface area contributed by atoms with Gasteiger partial charge < -0.3 is 5.73 Å². The second-order valence-electron chi connectivity index (χ2n) is 3.55. The average Bonchev–Trinajstić information content (AvgIpc) is 2.63. The number of fused-ring (bicyclic) bond motifs is 2. The minimum atomic E-state index is -0.139. The van der Waals surface area contributed by atoms with Crippen LogP contribution in [0.4, 0.5) is 0 Å². The molecule has 0 aliphatic heterocycles. The van der Waals surface area contributed by atoms with Gasteiger partial charge in [0, 0.05) is 6.04 Å². The Kier molecular flexibility index (Phi) is 1.61. The molecule has 0 radical (unpaired) electrons. The van der Waals surface area contributed by atoms with Crippen LogP contribution in [0.15, 0.2) is 17.1 Å². The van der Waals surface area contributed by atoms with Crippen molar-refractivity contribution in [3.8, 4) is 0 Å². The Balaban J connectivity index is 2.23. The smallest absolute Gasteiger partial charge is 0.250 e. The first-order valence-corrected chi connectivity index (χ1v) is 4.18. The number of carbonyl (C=O) groups is 1. The molecule has 0 aromatic rings. The summed E-state index contributed by atoms with van der Waals surface area (Å²) in [5, 5.41) is 0. The largest absolute Gasteiger partial charge is 0.326 e. The summed E-state index contributed by atoms with van der Waals surface area (Å²) in [6.07, 6.45) is 5.22. The number of hydrogen-bond donors (Lipinski definition) is 1. The molecule has 0 aromatic heterocycles. The molecule has 2 aliphatic rings. The summed E-state index contributed by atoms with van der Waals surface area (Å²) in [5.41, 5.74) is 5.88. The summed E-state index contributed by atoms with van der Waals surface area (Å²) < 4.78 is 0. The van der Waals surface area contributed by atoms with E-state index in [2.05, 4.69) is 23.9 Å². The maximum absolute atomic E-state index is 11.3. The Morgan fingerprint density at radius 2 is 2.17 bits per heavy atom. The summed E-state index contributed by atoms with van der Waals surface area (Å²) in [6, 6.07) is -0.0296. The fourth-order valence-corrected chi connectivity index (χ4v) is 2.31. The number of amides is 1. The van der Waals surface area contributed by atoms with Crippen molar-refractivity contribution in [1.82, 2.24) is 0 Å². The lowest BCUT2D eigenvalue weighted by Gasteiger charge is -2.20. The first-order chi connectivity index (χ1) is 5.74. The quantitative estimate of drug-likeness (QED) is 0.449. The second kappa shape index (κ2) is 2.52. The van der Waals surface area contributed by atoms with Crippen LogP contribution >= 0.6 is 0 Å². The Hall–Kier alpha value is -0.960. The molecule has 3 nitrogen and oxygen atoms in total. The summed E-state index contributed by atoms with van der Waals surface area (Å²) >= 11 is 0. The van der Waals surface area contributed by atoms with Crippen LogP contribution in [0.3, 0.4) is 0 Å². The third-order valence-corrected chi connectivity index (χ3v) is 2.96. The topological polar surface area (TPSA) is 55.5 Å². The van der Waals surface area contributed by atoms with Crippen molar-refractivity contribution in [2.45, 2.75) is 12.5 Å². The van der Waals surface area contributed by atoms with Gasteiger partial charge in [-0.2, -0.15) is 0 Å². The zero-order chi connectivity index (χ0) is 8.72. The van der Waals surface area contributed by atoms with Crippen LogP contribution in [0, 0.1) is 17.8 Å². The van der Waals surface area contributed by atoms with E-state index >= 15 is 0 Å². The zero-order valence-corrected chi connectivity index (χ0v) is 6.81. The Morgan fingerprint density at radius 3 is 2.67 bits per heavy atom. The van der Waals surface area contributed by atoms with Gasteiger partial charge in [0.2, 0.25) is 5.91 Å². The zero-order valence-electron chi connectivity index (χ0n) is 6.81. The fraction of sp³-hybridized carbons (Fsp3) is 0.556. The van der Waals surface area contributed by atoms with E-state index in [1.165, 1.54) is 0 Å². The van der Waals surface area contributed by atoms with E-state index in [1.54, 1.807) is 0 Å². The summed E-state index contributed by atoms with van der Waals surface area (Å²) in [4.78, 5) is 14.7. The minimum Gasteiger partial charge on any atom is -0.326 e. The van der Waals surface area contributed by atoms with Crippen LogP contribution in [-0.4, -0.2) is 18.7 Å². The minimum absolute atomic E-state index is 0.0296. The number of rotatable bonds is 1. The van der Waals surface area contributed by atoms with Gasteiger partial charge in [-0.3, -0.25) is 4.79 Å². The molecule has 12 heavy (non-hydrogen) atoms. The first kappa shape index (κ1) is 7.68. The number of carbonyl (C=O) groups excluding carboxylic acids is 1. The summed E-state index contributed by atoms with van der Waals surface area (Å²) in [5.74, 6) is 0.477. The molecule has 0 aromatic carbocycles. The Morgan fingerprint density at radius 1 is 1.50 bits per heavy atom. The van der Waals surface area contributed by atoms with Crippen molar-refractivity contribution in [2.24, 2.45) is 28.5 Å². The van der Waals surface area contributed by atoms with E-state index in [-0.39, 0.29) is 17.9 Å². The number of nitrogens with zero attached hydrogens (tertiary/aromatic N) is 1. The molecule has 4 atom stereocenters. The number of aliphatic imine (C=N–C) groups is 1. The molecular formula is C9H12N2O. The van der Waals surface area contributed by atoms with Crippen LogP contribution < -0.4 is 5.73 Å². The summed E-state index contributed by atoms with van der Waals surface area (Å²) in [6.45, 7) is 3.24. The van der Waals surface area contributed by atoms with Crippen molar-refractivity contribution < 1.29 is 4.79 Å². The predicted molar refractivity (Wildman–Crippen MR) is 46.8 cm³/mol. The maximum Gasteiger partial charge on any atom is 0.250 e. The molecule has 2 bridgehead atoms. The van der Waals surface area contributed by atoms with E-state index in [9.17, 15) is 4.79 Å². The molecule has 64 valence electrons. The van der Waals surface area contributed by atoms with Gasteiger partial charge in [-0.25, -0.2) is 4.99 Å². The average molecular weight is 164 g/mol. The molecule has 3 heteroatoms. The van der Waals surface area contributed by atoms with Crippen LogP contribution in [0.5, 0.6) is 0 Å². The third-order valence-electron chi connectivity index (χ3n) is 2.96. The second-order valence-corrected chi connectivity index (χ2v) is 3.55. The van der Waals surface area contributed by atoms with Gasteiger partial charge >= 0.3 is 0 Å². The predicted octanol–water partition coefficient (Wildman–Crippen LogP) is 0.363. The van der Waals surface area contributed by atoms with Crippen LogP contribution in [-0.2, 0) is 4.79 Å². The van der Waals surface area contributed by atoms with Crippen LogP contribution in [0.25, 0.3) is 0 Å². The van der Waals surface area contributed by atoms with Crippen molar-refractivity contribution in [3.63, 3.8) is 0 Å². The molecule has 0 spiro atoms. The van der Waals surface area contributed by atoms with E-state index in [4.69, 9.17) is 5.73 Å². The van der Waals surface area contributed by atoms with Crippen molar-refractivity contribution in [1.29, 1.82) is 0 Å². The lowest BCUT2D eigenvalue weighted by Crippen LogP contribution is -2.37. The Labute approximate surface area is 71.4 Å². The highest BCUT2D eigenvalue weighted by atomic mass is 16.1. The number of nitrogens with two attached hydrogens (primary N) is 1. The van der Waals surface area contributed by atoms with Gasteiger partial charge in [-0.15, -0.1) is 0 Å². The van der Waals surface area contributed by atoms with Crippen molar-refractivity contribution >= 4 is 12.6 Å². The van der Waals surface area contributed by atoms with Crippen molar-refractivity contribution in [2.75, 3.05) is 0 Å². The normalized spacial score (nSPS) is 43.4. The van der Waals surface area contributed by atoms with Crippen molar-refractivity contribution in [3.05, 3.63) is 12.2 Å².